The van der Waals surface area contributed by atoms with Crippen LogP contribution >= 0.6 is 0 Å². The highest BCUT2D eigenvalue weighted by molar-refractivity contribution is 6.01. The van der Waals surface area contributed by atoms with Gasteiger partial charge in [-0.05, 0) is 18.2 Å². The summed E-state index contributed by atoms with van der Waals surface area (Å²) in [7, 11) is 0. The van der Waals surface area contributed by atoms with Gasteiger partial charge in [0.15, 0.2) is 0 Å². The van der Waals surface area contributed by atoms with E-state index < -0.39 is 0 Å². The first-order valence-corrected chi connectivity index (χ1v) is 4.03. The van der Waals surface area contributed by atoms with E-state index >= 15 is 0 Å². The van der Waals surface area contributed by atoms with Gasteiger partial charge in [0.25, 0.3) is 0 Å². The molecule has 3 N–H and O–H groups in total. The summed E-state index contributed by atoms with van der Waals surface area (Å²) in [4.78, 5) is 4.38. The molecule has 0 bridgehead atoms. The van der Waals surface area contributed by atoms with Crippen molar-refractivity contribution >= 4 is 5.71 Å². The van der Waals surface area contributed by atoms with E-state index in [1.54, 1.807) is 6.20 Å². The molecular formula is C8H15N3. The lowest BCUT2D eigenvalue weighted by Crippen LogP contribution is -2.31. The van der Waals surface area contributed by atoms with Gasteiger partial charge in [0.2, 0.25) is 0 Å². The van der Waals surface area contributed by atoms with Gasteiger partial charge < -0.3 is 11.1 Å². The summed E-state index contributed by atoms with van der Waals surface area (Å²) < 4.78 is 0. The number of nitrogens with one attached hydrogen (secondary N) is 1. The first-order valence-electron chi connectivity index (χ1n) is 4.03. The lowest BCUT2D eigenvalue weighted by Gasteiger charge is -2.14. The largest absolute Gasteiger partial charge is 0.404 e. The molecule has 0 aromatic heterocycles. The molecule has 1 rings (SSSR count). The molecule has 3 heteroatoms. The fraction of sp³-hybridized carbons (Fsp3) is 0.625. The number of aliphatic imine (C=N–C) groups is 1. The van der Waals surface area contributed by atoms with Crippen LogP contribution in [0.3, 0.4) is 0 Å². The molecule has 0 unspecified atom stereocenters. The molecule has 0 aromatic rings. The van der Waals surface area contributed by atoms with Crippen molar-refractivity contribution in [3.63, 3.8) is 0 Å². The maximum atomic E-state index is 5.44. The van der Waals surface area contributed by atoms with Gasteiger partial charge in [0.1, 0.15) is 0 Å². The smallest absolute Gasteiger partial charge is 0.0533 e. The number of rotatable bonds is 2. The first-order chi connectivity index (χ1) is 5.38. The fourth-order valence-corrected chi connectivity index (χ4v) is 1.17. The van der Waals surface area contributed by atoms with E-state index in [1.807, 2.05) is 0 Å². The molecule has 1 heterocycles. The van der Waals surface area contributed by atoms with Gasteiger partial charge in [0.05, 0.1) is 12.3 Å². The summed E-state index contributed by atoms with van der Waals surface area (Å²) in [5.41, 5.74) is 7.73. The SMILES string of the molecule is CCC(=CN)C1=NCCNC1. The molecule has 1 aliphatic rings. The summed E-state index contributed by atoms with van der Waals surface area (Å²) in [6, 6.07) is 0. The maximum absolute atomic E-state index is 5.44. The minimum absolute atomic E-state index is 0.872. The molecule has 3 nitrogen and oxygen atoms in total. The van der Waals surface area contributed by atoms with Gasteiger partial charge in [-0.15, -0.1) is 0 Å². The van der Waals surface area contributed by atoms with Crippen LogP contribution in [0.5, 0.6) is 0 Å². The molecule has 62 valence electrons. The first kappa shape index (κ1) is 8.27. The zero-order valence-electron chi connectivity index (χ0n) is 6.93. The Balaban J connectivity index is 2.63. The summed E-state index contributed by atoms with van der Waals surface area (Å²) in [5.74, 6) is 0. The minimum atomic E-state index is 0.872. The van der Waals surface area contributed by atoms with Crippen LogP contribution in [0.4, 0.5) is 0 Å². The Bertz CT molecular complexity index is 182. The number of hydrogen-bond donors (Lipinski definition) is 2. The van der Waals surface area contributed by atoms with E-state index in [9.17, 15) is 0 Å². The Morgan fingerprint density at radius 3 is 3.09 bits per heavy atom. The van der Waals surface area contributed by atoms with Gasteiger partial charge in [-0.2, -0.15) is 0 Å². The molecule has 0 aromatic carbocycles. The van der Waals surface area contributed by atoms with Gasteiger partial charge in [-0.1, -0.05) is 6.92 Å². The number of hydrogen-bond acceptors (Lipinski definition) is 3. The van der Waals surface area contributed by atoms with Crippen molar-refractivity contribution in [3.05, 3.63) is 11.8 Å². The van der Waals surface area contributed by atoms with E-state index in [0.29, 0.717) is 0 Å². The average molecular weight is 153 g/mol. The second-order valence-electron chi connectivity index (χ2n) is 2.55. The summed E-state index contributed by atoms with van der Waals surface area (Å²) in [6.45, 7) is 4.84. The van der Waals surface area contributed by atoms with Crippen molar-refractivity contribution in [2.75, 3.05) is 19.6 Å². The van der Waals surface area contributed by atoms with Crippen molar-refractivity contribution in [1.82, 2.24) is 5.32 Å². The second-order valence-corrected chi connectivity index (χ2v) is 2.55. The predicted octanol–water partition coefficient (Wildman–Crippen LogP) is 0.283. The van der Waals surface area contributed by atoms with Crippen molar-refractivity contribution in [2.24, 2.45) is 10.7 Å². The van der Waals surface area contributed by atoms with Crippen molar-refractivity contribution in [3.8, 4) is 0 Å². The molecule has 0 fully saturated rings. The predicted molar refractivity (Wildman–Crippen MR) is 47.7 cm³/mol. The molecule has 0 aliphatic carbocycles. The number of nitrogens with two attached hydrogens (primary N) is 1. The zero-order chi connectivity index (χ0) is 8.10. The van der Waals surface area contributed by atoms with Crippen LogP contribution < -0.4 is 11.1 Å². The lowest BCUT2D eigenvalue weighted by atomic mass is 10.1. The third-order valence-electron chi connectivity index (χ3n) is 1.84. The van der Waals surface area contributed by atoms with Crippen LogP contribution in [-0.2, 0) is 0 Å². The molecule has 0 radical (unpaired) electrons. The van der Waals surface area contributed by atoms with E-state index in [-0.39, 0.29) is 0 Å². The van der Waals surface area contributed by atoms with E-state index in [0.717, 1.165) is 37.3 Å². The molecule has 0 saturated carbocycles. The minimum Gasteiger partial charge on any atom is -0.404 e. The molecule has 0 saturated heterocycles. The maximum Gasteiger partial charge on any atom is 0.0533 e. The summed E-state index contributed by atoms with van der Waals surface area (Å²) in [5, 5.41) is 3.26. The molecule has 11 heavy (non-hydrogen) atoms. The Hall–Kier alpha value is -0.830. The van der Waals surface area contributed by atoms with Gasteiger partial charge in [0, 0.05) is 13.1 Å². The third-order valence-corrected chi connectivity index (χ3v) is 1.84. The van der Waals surface area contributed by atoms with Crippen LogP contribution in [0.2, 0.25) is 0 Å². The molecular weight excluding hydrogens is 138 g/mol. The highest BCUT2D eigenvalue weighted by atomic mass is 15.0. The van der Waals surface area contributed by atoms with Crippen LogP contribution in [0.25, 0.3) is 0 Å². The number of nitrogens with zero attached hydrogens (tertiary/aromatic N) is 1. The molecule has 0 amide bonds. The normalized spacial score (nSPS) is 19.7. The standard InChI is InChI=1S/C8H15N3/c1-2-7(5-9)8-6-10-3-4-11-8/h5,10H,2-4,6,9H2,1H3. The third kappa shape index (κ3) is 2.05. The van der Waals surface area contributed by atoms with Gasteiger partial charge >= 0.3 is 0 Å². The highest BCUT2D eigenvalue weighted by Crippen LogP contribution is 2.03. The Labute approximate surface area is 67.4 Å². The summed E-state index contributed by atoms with van der Waals surface area (Å²) in [6.07, 6.45) is 2.63. The second kappa shape index (κ2) is 4.13. The quantitative estimate of drug-likeness (QED) is 0.599. The van der Waals surface area contributed by atoms with Crippen molar-refractivity contribution in [2.45, 2.75) is 13.3 Å². The monoisotopic (exact) mass is 153 g/mol. The van der Waals surface area contributed by atoms with Crippen LogP contribution in [-0.4, -0.2) is 25.3 Å². The Kier molecular flexibility index (Phi) is 3.11. The van der Waals surface area contributed by atoms with Gasteiger partial charge in [-0.25, -0.2) is 0 Å². The van der Waals surface area contributed by atoms with E-state index in [1.165, 1.54) is 0 Å². The fourth-order valence-electron chi connectivity index (χ4n) is 1.17. The topological polar surface area (TPSA) is 50.4 Å². The zero-order valence-corrected chi connectivity index (χ0v) is 6.93. The lowest BCUT2D eigenvalue weighted by molar-refractivity contribution is 0.734. The van der Waals surface area contributed by atoms with E-state index in [2.05, 4.69) is 17.2 Å². The van der Waals surface area contributed by atoms with Crippen molar-refractivity contribution in [1.29, 1.82) is 0 Å². The van der Waals surface area contributed by atoms with Crippen molar-refractivity contribution < 1.29 is 0 Å². The highest BCUT2D eigenvalue weighted by Gasteiger charge is 2.06. The molecule has 1 aliphatic heterocycles. The van der Waals surface area contributed by atoms with Crippen LogP contribution in [0.1, 0.15) is 13.3 Å². The Morgan fingerprint density at radius 2 is 2.64 bits per heavy atom. The van der Waals surface area contributed by atoms with Crippen LogP contribution in [0.15, 0.2) is 16.8 Å². The van der Waals surface area contributed by atoms with Gasteiger partial charge in [-0.3, -0.25) is 4.99 Å². The average Bonchev–Trinajstić information content (AvgIpc) is 2.09. The molecule has 0 spiro atoms. The van der Waals surface area contributed by atoms with E-state index in [4.69, 9.17) is 5.73 Å². The van der Waals surface area contributed by atoms with Crippen LogP contribution in [0, 0.1) is 0 Å². The Morgan fingerprint density at radius 1 is 1.82 bits per heavy atom. The molecule has 0 atom stereocenters. The summed E-state index contributed by atoms with van der Waals surface area (Å²) >= 11 is 0.